The van der Waals surface area contributed by atoms with E-state index in [0.29, 0.717) is 17.9 Å². The van der Waals surface area contributed by atoms with Gasteiger partial charge in [-0.15, -0.1) is 0 Å². The minimum Gasteiger partial charge on any atom is -0.464 e. The summed E-state index contributed by atoms with van der Waals surface area (Å²) in [5.41, 5.74) is 7.46. The lowest BCUT2D eigenvalue weighted by atomic mass is 10.0. The molecule has 2 amide bonds. The molecule has 0 saturated heterocycles. The summed E-state index contributed by atoms with van der Waals surface area (Å²) in [5, 5.41) is 9.21. The predicted molar refractivity (Wildman–Crippen MR) is 71.2 cm³/mol. The van der Waals surface area contributed by atoms with E-state index in [2.05, 4.69) is 0 Å². The summed E-state index contributed by atoms with van der Waals surface area (Å²) in [6, 6.07) is 7.04. The molecule has 0 fully saturated rings. The van der Waals surface area contributed by atoms with Crippen LogP contribution in [-0.4, -0.2) is 28.2 Å². The molecule has 0 bridgehead atoms. The number of carbonyl (C=O) groups excluding carboxylic acids is 1. The van der Waals surface area contributed by atoms with Crippen molar-refractivity contribution in [1.29, 1.82) is 0 Å². The van der Waals surface area contributed by atoms with Gasteiger partial charge in [-0.05, 0) is 31.7 Å². The molecule has 0 aliphatic carbocycles. The fraction of sp³-hybridized carbons (Fsp3) is 0.385. The van der Waals surface area contributed by atoms with Crippen molar-refractivity contribution >= 4 is 12.0 Å². The van der Waals surface area contributed by atoms with Crippen LogP contribution in [0.2, 0.25) is 0 Å². The Morgan fingerprint density at radius 1 is 1.32 bits per heavy atom. The number of nitrogens with zero attached hydrogens (tertiary/aromatic N) is 1. The molecule has 0 heterocycles. The van der Waals surface area contributed by atoms with E-state index in [1.807, 2.05) is 31.2 Å². The molecule has 6 nitrogen and oxygen atoms in total. The third-order valence-corrected chi connectivity index (χ3v) is 2.95. The standard InChI is InChI=1S/C13H19N3O3/c1-9-5-7-10(8-6-9)3-2-4-11(12(14)17)16(15)13(18)19/h5-8,11H,2-4,15H2,1H3,(H2,14,17)(H,18,19). The molecule has 1 aromatic rings. The Morgan fingerprint density at radius 2 is 1.89 bits per heavy atom. The van der Waals surface area contributed by atoms with Crippen LogP contribution in [0.3, 0.4) is 0 Å². The van der Waals surface area contributed by atoms with Crippen molar-refractivity contribution < 1.29 is 14.7 Å². The summed E-state index contributed by atoms with van der Waals surface area (Å²) in [7, 11) is 0. The second-order valence-electron chi connectivity index (χ2n) is 4.49. The van der Waals surface area contributed by atoms with Crippen LogP contribution >= 0.6 is 0 Å². The lowest BCUT2D eigenvalue weighted by molar-refractivity contribution is -0.123. The van der Waals surface area contributed by atoms with Gasteiger partial charge < -0.3 is 10.8 Å². The van der Waals surface area contributed by atoms with Crippen LogP contribution in [0, 0.1) is 6.92 Å². The van der Waals surface area contributed by atoms with Crippen LogP contribution in [0.5, 0.6) is 0 Å². The summed E-state index contributed by atoms with van der Waals surface area (Å²) in [6.45, 7) is 2.01. The largest absolute Gasteiger partial charge is 0.464 e. The highest BCUT2D eigenvalue weighted by molar-refractivity contribution is 5.83. The molecule has 0 aromatic heterocycles. The Morgan fingerprint density at radius 3 is 2.37 bits per heavy atom. The molecule has 5 N–H and O–H groups in total. The smallest absolute Gasteiger partial charge is 0.422 e. The first-order valence-electron chi connectivity index (χ1n) is 6.03. The molecule has 6 heteroatoms. The van der Waals surface area contributed by atoms with Crippen LogP contribution in [0.1, 0.15) is 24.0 Å². The minimum absolute atomic E-state index is 0.312. The molecule has 104 valence electrons. The molecule has 0 aliphatic heterocycles. The molecule has 1 unspecified atom stereocenters. The average Bonchev–Trinajstić information content (AvgIpc) is 2.35. The Kier molecular flexibility index (Phi) is 5.32. The zero-order chi connectivity index (χ0) is 14.4. The monoisotopic (exact) mass is 265 g/mol. The number of amides is 2. The van der Waals surface area contributed by atoms with Gasteiger partial charge in [0.15, 0.2) is 0 Å². The summed E-state index contributed by atoms with van der Waals surface area (Å²) < 4.78 is 0. The number of nitrogens with two attached hydrogens (primary N) is 2. The normalized spacial score (nSPS) is 11.9. The maximum atomic E-state index is 11.2. The number of hydrazine groups is 1. The lowest BCUT2D eigenvalue weighted by Gasteiger charge is -2.21. The van der Waals surface area contributed by atoms with Gasteiger partial charge in [0.25, 0.3) is 0 Å². The van der Waals surface area contributed by atoms with Crippen molar-refractivity contribution in [3.8, 4) is 0 Å². The number of benzene rings is 1. The van der Waals surface area contributed by atoms with Crippen LogP contribution in [0.15, 0.2) is 24.3 Å². The van der Waals surface area contributed by atoms with E-state index < -0.39 is 18.0 Å². The molecule has 19 heavy (non-hydrogen) atoms. The van der Waals surface area contributed by atoms with Gasteiger partial charge in [-0.3, -0.25) is 4.79 Å². The van der Waals surface area contributed by atoms with E-state index in [0.717, 1.165) is 12.0 Å². The van der Waals surface area contributed by atoms with Crippen LogP contribution in [-0.2, 0) is 11.2 Å². The molecule has 0 spiro atoms. The molecule has 0 radical (unpaired) electrons. The fourth-order valence-electron chi connectivity index (χ4n) is 1.81. The van der Waals surface area contributed by atoms with Crippen molar-refractivity contribution in [3.05, 3.63) is 35.4 Å². The summed E-state index contributed by atoms with van der Waals surface area (Å²) in [6.07, 6.45) is 0.334. The molecule has 1 aromatic carbocycles. The van der Waals surface area contributed by atoms with Crippen LogP contribution in [0.25, 0.3) is 0 Å². The van der Waals surface area contributed by atoms with Crippen LogP contribution < -0.4 is 11.6 Å². The van der Waals surface area contributed by atoms with Gasteiger partial charge in [0.05, 0.1) is 0 Å². The first-order valence-corrected chi connectivity index (χ1v) is 6.03. The maximum Gasteiger partial charge on any atom is 0.422 e. The number of carboxylic acid groups (broad SMARTS) is 1. The third kappa shape index (κ3) is 4.59. The first kappa shape index (κ1) is 15.0. The highest BCUT2D eigenvalue weighted by atomic mass is 16.4. The Balaban J connectivity index is 2.51. The Hall–Kier alpha value is -2.08. The summed E-state index contributed by atoms with van der Waals surface area (Å²) in [5.74, 6) is 4.57. The molecule has 1 rings (SSSR count). The first-order chi connectivity index (χ1) is 8.91. The predicted octanol–water partition coefficient (Wildman–Crippen LogP) is 1.03. The van der Waals surface area contributed by atoms with Gasteiger partial charge in [-0.1, -0.05) is 29.8 Å². The second-order valence-corrected chi connectivity index (χ2v) is 4.49. The van der Waals surface area contributed by atoms with Gasteiger partial charge in [-0.25, -0.2) is 15.6 Å². The van der Waals surface area contributed by atoms with Gasteiger partial charge in [0, 0.05) is 0 Å². The van der Waals surface area contributed by atoms with E-state index in [4.69, 9.17) is 16.7 Å². The number of primary amides is 1. The van der Waals surface area contributed by atoms with Gasteiger partial charge in [0.2, 0.25) is 5.91 Å². The Bertz CT molecular complexity index is 445. The van der Waals surface area contributed by atoms with Crippen molar-refractivity contribution in [2.75, 3.05) is 0 Å². The SMILES string of the molecule is Cc1ccc(CCCC(C(N)=O)N(N)C(=O)O)cc1. The molecule has 0 saturated carbocycles. The number of carbonyl (C=O) groups is 2. The molecular weight excluding hydrogens is 246 g/mol. The average molecular weight is 265 g/mol. The van der Waals surface area contributed by atoms with E-state index in [1.165, 1.54) is 5.56 Å². The van der Waals surface area contributed by atoms with Crippen molar-refractivity contribution in [3.63, 3.8) is 0 Å². The maximum absolute atomic E-state index is 11.2. The van der Waals surface area contributed by atoms with Gasteiger partial charge >= 0.3 is 6.09 Å². The minimum atomic E-state index is -1.36. The molecule has 1 atom stereocenters. The highest BCUT2D eigenvalue weighted by Gasteiger charge is 2.24. The summed E-state index contributed by atoms with van der Waals surface area (Å²) >= 11 is 0. The second kappa shape index (κ2) is 6.75. The zero-order valence-electron chi connectivity index (χ0n) is 10.9. The van der Waals surface area contributed by atoms with E-state index in [1.54, 1.807) is 0 Å². The number of hydrogen-bond acceptors (Lipinski definition) is 3. The number of aryl methyl sites for hydroxylation is 2. The summed E-state index contributed by atoms with van der Waals surface area (Å²) in [4.78, 5) is 21.9. The van der Waals surface area contributed by atoms with E-state index >= 15 is 0 Å². The quantitative estimate of drug-likeness (QED) is 0.405. The third-order valence-electron chi connectivity index (χ3n) is 2.95. The fourth-order valence-corrected chi connectivity index (χ4v) is 1.81. The van der Waals surface area contributed by atoms with Gasteiger partial charge in [-0.2, -0.15) is 0 Å². The van der Waals surface area contributed by atoms with E-state index in [-0.39, 0.29) is 0 Å². The molecule has 0 aliphatic rings. The van der Waals surface area contributed by atoms with E-state index in [9.17, 15) is 9.59 Å². The van der Waals surface area contributed by atoms with Crippen molar-refractivity contribution in [1.82, 2.24) is 5.01 Å². The number of hydrogen-bond donors (Lipinski definition) is 3. The number of rotatable bonds is 6. The highest BCUT2D eigenvalue weighted by Crippen LogP contribution is 2.10. The lowest BCUT2D eigenvalue weighted by Crippen LogP contribution is -2.51. The Labute approximate surface area is 112 Å². The zero-order valence-corrected chi connectivity index (χ0v) is 10.9. The van der Waals surface area contributed by atoms with Crippen LogP contribution in [0.4, 0.5) is 4.79 Å². The topological polar surface area (TPSA) is 110 Å². The van der Waals surface area contributed by atoms with Gasteiger partial charge in [0.1, 0.15) is 6.04 Å². The van der Waals surface area contributed by atoms with Crippen molar-refractivity contribution in [2.45, 2.75) is 32.2 Å². The van der Waals surface area contributed by atoms with Crippen molar-refractivity contribution in [2.24, 2.45) is 11.6 Å². The molecular formula is C13H19N3O3.